The van der Waals surface area contributed by atoms with Crippen molar-refractivity contribution >= 4 is 17.6 Å². The van der Waals surface area contributed by atoms with E-state index in [0.29, 0.717) is 31.0 Å². The molecule has 29 heavy (non-hydrogen) atoms. The van der Waals surface area contributed by atoms with Gasteiger partial charge in [0, 0.05) is 13.2 Å². The molecule has 1 saturated heterocycles. The number of aryl methyl sites for hydroxylation is 1. The molecule has 0 spiro atoms. The third-order valence-corrected chi connectivity index (χ3v) is 6.13. The number of aromatic nitrogens is 2. The molecule has 8 heteroatoms. The SMILES string of the molecule is CN1CCC[C@H](NC(=O)[C@H](CC2CCCCC2)NC(=O)c2ccnn2C)C(=O)C1. The Kier molecular flexibility index (Phi) is 7.41. The highest BCUT2D eigenvalue weighted by Gasteiger charge is 2.31. The van der Waals surface area contributed by atoms with Crippen LogP contribution < -0.4 is 10.6 Å². The van der Waals surface area contributed by atoms with Gasteiger partial charge in [-0.05, 0) is 44.8 Å². The Balaban J connectivity index is 1.68. The van der Waals surface area contributed by atoms with Gasteiger partial charge < -0.3 is 10.6 Å². The van der Waals surface area contributed by atoms with E-state index in [1.165, 1.54) is 23.9 Å². The quantitative estimate of drug-likeness (QED) is 0.746. The highest BCUT2D eigenvalue weighted by atomic mass is 16.2. The number of likely N-dealkylation sites (N-methyl/N-ethyl adjacent to an activating group) is 1. The monoisotopic (exact) mass is 403 g/mol. The lowest BCUT2D eigenvalue weighted by molar-refractivity contribution is -0.129. The fraction of sp³-hybridized carbons (Fsp3) is 0.714. The van der Waals surface area contributed by atoms with Crippen molar-refractivity contribution in [2.45, 2.75) is 63.5 Å². The van der Waals surface area contributed by atoms with Crippen LogP contribution in [-0.4, -0.2) is 64.5 Å². The summed E-state index contributed by atoms with van der Waals surface area (Å²) in [6.45, 7) is 1.19. The van der Waals surface area contributed by atoms with Crippen molar-refractivity contribution in [3.8, 4) is 0 Å². The normalized spacial score (nSPS) is 22.7. The Morgan fingerprint density at radius 2 is 1.93 bits per heavy atom. The molecule has 0 unspecified atom stereocenters. The van der Waals surface area contributed by atoms with Crippen LogP contribution in [0.4, 0.5) is 0 Å². The van der Waals surface area contributed by atoms with Gasteiger partial charge in [-0.2, -0.15) is 5.10 Å². The molecule has 2 amide bonds. The van der Waals surface area contributed by atoms with Crippen LogP contribution in [0.5, 0.6) is 0 Å². The zero-order chi connectivity index (χ0) is 20.8. The third-order valence-electron chi connectivity index (χ3n) is 6.13. The number of ketones is 1. The predicted molar refractivity (Wildman–Crippen MR) is 109 cm³/mol. The van der Waals surface area contributed by atoms with Crippen molar-refractivity contribution in [2.75, 3.05) is 20.1 Å². The summed E-state index contributed by atoms with van der Waals surface area (Å²) in [6.07, 6.45) is 9.41. The molecule has 1 aromatic heterocycles. The molecule has 2 atom stereocenters. The molecule has 2 aliphatic rings. The van der Waals surface area contributed by atoms with Crippen molar-refractivity contribution in [1.29, 1.82) is 0 Å². The second kappa shape index (κ2) is 10.0. The van der Waals surface area contributed by atoms with Crippen LogP contribution in [0, 0.1) is 5.92 Å². The summed E-state index contributed by atoms with van der Waals surface area (Å²) in [5.41, 5.74) is 0.415. The number of nitrogens with zero attached hydrogens (tertiary/aromatic N) is 3. The van der Waals surface area contributed by atoms with Crippen molar-refractivity contribution in [3.63, 3.8) is 0 Å². The smallest absolute Gasteiger partial charge is 0.270 e. The maximum absolute atomic E-state index is 13.1. The summed E-state index contributed by atoms with van der Waals surface area (Å²) in [6, 6.07) is 0.513. The molecule has 1 aliphatic carbocycles. The second-order valence-electron chi connectivity index (χ2n) is 8.51. The van der Waals surface area contributed by atoms with Gasteiger partial charge in [-0.3, -0.25) is 24.0 Å². The molecule has 1 aliphatic heterocycles. The lowest BCUT2D eigenvalue weighted by Crippen LogP contribution is -2.53. The Hall–Kier alpha value is -2.22. The molecule has 0 aromatic carbocycles. The number of rotatable bonds is 6. The zero-order valence-electron chi connectivity index (χ0n) is 17.5. The molecule has 2 fully saturated rings. The van der Waals surface area contributed by atoms with Gasteiger partial charge in [-0.15, -0.1) is 0 Å². The molecule has 0 bridgehead atoms. The van der Waals surface area contributed by atoms with E-state index in [-0.39, 0.29) is 17.6 Å². The third kappa shape index (κ3) is 5.88. The molecular weight excluding hydrogens is 370 g/mol. The maximum Gasteiger partial charge on any atom is 0.270 e. The van der Waals surface area contributed by atoms with E-state index in [0.717, 1.165) is 25.8 Å². The summed E-state index contributed by atoms with van der Waals surface area (Å²) < 4.78 is 1.50. The van der Waals surface area contributed by atoms with E-state index < -0.39 is 12.1 Å². The first-order valence-electron chi connectivity index (χ1n) is 10.7. The summed E-state index contributed by atoms with van der Waals surface area (Å²) >= 11 is 0. The van der Waals surface area contributed by atoms with Gasteiger partial charge in [-0.25, -0.2) is 0 Å². The highest BCUT2D eigenvalue weighted by molar-refractivity contribution is 5.97. The van der Waals surface area contributed by atoms with E-state index in [9.17, 15) is 14.4 Å². The molecule has 2 heterocycles. The number of amides is 2. The largest absolute Gasteiger partial charge is 0.344 e. The molecule has 3 rings (SSSR count). The van der Waals surface area contributed by atoms with E-state index >= 15 is 0 Å². The Bertz CT molecular complexity index is 726. The summed E-state index contributed by atoms with van der Waals surface area (Å²) in [5, 5.41) is 9.87. The maximum atomic E-state index is 13.1. The van der Waals surface area contributed by atoms with E-state index in [4.69, 9.17) is 0 Å². The average Bonchev–Trinajstić information content (AvgIpc) is 3.06. The van der Waals surface area contributed by atoms with Crippen LogP contribution in [0.2, 0.25) is 0 Å². The first-order valence-corrected chi connectivity index (χ1v) is 10.7. The lowest BCUT2D eigenvalue weighted by atomic mass is 9.84. The first kappa shape index (κ1) is 21.5. The number of hydrogen-bond donors (Lipinski definition) is 2. The van der Waals surface area contributed by atoms with Crippen LogP contribution in [0.15, 0.2) is 12.3 Å². The van der Waals surface area contributed by atoms with Crippen molar-refractivity contribution in [3.05, 3.63) is 18.0 Å². The molecule has 1 saturated carbocycles. The highest BCUT2D eigenvalue weighted by Crippen LogP contribution is 2.27. The van der Waals surface area contributed by atoms with Gasteiger partial charge in [0.2, 0.25) is 5.91 Å². The van der Waals surface area contributed by atoms with Crippen molar-refractivity contribution in [1.82, 2.24) is 25.3 Å². The number of carbonyl (C=O) groups excluding carboxylic acids is 3. The van der Waals surface area contributed by atoms with Gasteiger partial charge >= 0.3 is 0 Å². The summed E-state index contributed by atoms with van der Waals surface area (Å²) in [5.74, 6) is -0.114. The van der Waals surface area contributed by atoms with E-state index in [1.807, 2.05) is 11.9 Å². The van der Waals surface area contributed by atoms with Crippen molar-refractivity contribution < 1.29 is 14.4 Å². The van der Waals surface area contributed by atoms with Gasteiger partial charge in [0.25, 0.3) is 5.91 Å². The van der Waals surface area contributed by atoms with Crippen LogP contribution in [0.25, 0.3) is 0 Å². The minimum absolute atomic E-state index is 0.0349. The van der Waals surface area contributed by atoms with Gasteiger partial charge in [0.15, 0.2) is 5.78 Å². The number of carbonyl (C=O) groups is 3. The molecule has 2 N–H and O–H groups in total. The summed E-state index contributed by atoms with van der Waals surface area (Å²) in [7, 11) is 3.62. The minimum Gasteiger partial charge on any atom is -0.344 e. The van der Waals surface area contributed by atoms with Crippen molar-refractivity contribution in [2.24, 2.45) is 13.0 Å². The topological polar surface area (TPSA) is 96.3 Å². The number of nitrogens with one attached hydrogen (secondary N) is 2. The fourth-order valence-electron chi connectivity index (χ4n) is 4.42. The number of hydrogen-bond acceptors (Lipinski definition) is 5. The Morgan fingerprint density at radius 1 is 1.17 bits per heavy atom. The van der Waals surface area contributed by atoms with Crippen LogP contribution in [0.3, 0.4) is 0 Å². The Labute approximate surface area is 172 Å². The van der Waals surface area contributed by atoms with E-state index in [2.05, 4.69) is 15.7 Å². The van der Waals surface area contributed by atoms with Crippen LogP contribution in [-0.2, 0) is 16.6 Å². The lowest BCUT2D eigenvalue weighted by Gasteiger charge is -2.28. The van der Waals surface area contributed by atoms with Gasteiger partial charge in [-0.1, -0.05) is 32.1 Å². The fourth-order valence-corrected chi connectivity index (χ4v) is 4.42. The molecule has 0 radical (unpaired) electrons. The molecule has 1 aromatic rings. The minimum atomic E-state index is -0.644. The number of Topliss-reactive ketones (excluding diaryl/α,β-unsaturated/α-hetero) is 1. The predicted octanol–water partition coefficient (Wildman–Crippen LogP) is 1.27. The van der Waals surface area contributed by atoms with Gasteiger partial charge in [0.05, 0.1) is 12.6 Å². The first-order chi connectivity index (χ1) is 13.9. The molecule has 8 nitrogen and oxygen atoms in total. The number of likely N-dealkylation sites (tertiary alicyclic amines) is 1. The van der Waals surface area contributed by atoms with Gasteiger partial charge in [0.1, 0.15) is 11.7 Å². The molecule has 160 valence electrons. The Morgan fingerprint density at radius 3 is 2.62 bits per heavy atom. The summed E-state index contributed by atoms with van der Waals surface area (Å²) in [4.78, 5) is 40.3. The average molecular weight is 404 g/mol. The van der Waals surface area contributed by atoms with Crippen LogP contribution in [0.1, 0.15) is 61.9 Å². The second-order valence-corrected chi connectivity index (χ2v) is 8.51. The standard InChI is InChI=1S/C21H33N5O3/c1-25-12-6-9-16(19(27)14-25)23-20(28)17(13-15-7-4-3-5-8-15)24-21(29)18-10-11-22-26(18)2/h10-11,15-17H,3-9,12-14H2,1-2H3,(H,23,28)(H,24,29)/t16-,17-/m0/s1. The van der Waals surface area contributed by atoms with Crippen LogP contribution >= 0.6 is 0 Å². The van der Waals surface area contributed by atoms with E-state index in [1.54, 1.807) is 19.3 Å². The molecular formula is C21H33N5O3. The zero-order valence-corrected chi connectivity index (χ0v) is 17.5.